The predicted molar refractivity (Wildman–Crippen MR) is 100 cm³/mol. The SMILES string of the molecule is CCOC(=O)C1=C(C)NC(C)(C(C)Sc2ccccc2)C(C(=O)[O-])C1C. The standard InChI is InChI=1S/C20H27NO4S/c1-6-25-19(24)16-12(2)17(18(22)23)20(5,21-13(16)3)14(4)26-15-10-8-7-9-11-15/h7-12,14,17,21H,6H2,1-5H3,(H,22,23)/p-1. The van der Waals surface area contributed by atoms with Gasteiger partial charge < -0.3 is 20.0 Å². The molecule has 1 aromatic carbocycles. The Balaban J connectivity index is 2.40. The fourth-order valence-corrected chi connectivity index (χ4v) is 4.93. The minimum absolute atomic E-state index is 0.0751. The van der Waals surface area contributed by atoms with E-state index in [2.05, 4.69) is 5.32 Å². The smallest absolute Gasteiger partial charge is 0.336 e. The first kappa shape index (κ1) is 20.4. The number of hydrogen-bond acceptors (Lipinski definition) is 6. The van der Waals surface area contributed by atoms with Crippen LogP contribution in [-0.4, -0.2) is 29.3 Å². The predicted octanol–water partition coefficient (Wildman–Crippen LogP) is 2.37. The number of carbonyl (C=O) groups is 2. The second-order valence-electron chi connectivity index (χ2n) is 6.83. The first-order chi connectivity index (χ1) is 12.2. The first-order valence-electron chi connectivity index (χ1n) is 8.81. The highest BCUT2D eigenvalue weighted by Crippen LogP contribution is 2.43. The number of carboxylic acids is 1. The van der Waals surface area contributed by atoms with Crippen molar-refractivity contribution in [3.63, 3.8) is 0 Å². The number of esters is 1. The summed E-state index contributed by atoms with van der Waals surface area (Å²) in [6, 6.07) is 9.85. The summed E-state index contributed by atoms with van der Waals surface area (Å²) in [6.45, 7) is 9.41. The Labute approximate surface area is 159 Å². The maximum Gasteiger partial charge on any atom is 0.336 e. The number of thioether (sulfide) groups is 1. The molecular formula is C20H26NO4S-. The third-order valence-electron chi connectivity index (χ3n) is 5.11. The maximum absolute atomic E-state index is 12.3. The van der Waals surface area contributed by atoms with Crippen molar-refractivity contribution in [2.24, 2.45) is 11.8 Å². The molecule has 0 radical (unpaired) electrons. The van der Waals surface area contributed by atoms with Crippen LogP contribution < -0.4 is 10.4 Å². The molecule has 0 saturated heterocycles. The molecule has 0 amide bonds. The molecule has 1 N–H and O–H groups in total. The molecule has 0 fully saturated rings. The van der Waals surface area contributed by atoms with E-state index in [9.17, 15) is 14.7 Å². The topological polar surface area (TPSA) is 78.5 Å². The highest BCUT2D eigenvalue weighted by molar-refractivity contribution is 8.00. The number of carboxylic acid groups (broad SMARTS) is 1. The van der Waals surface area contributed by atoms with Crippen molar-refractivity contribution in [3.05, 3.63) is 41.6 Å². The van der Waals surface area contributed by atoms with Crippen LogP contribution in [0.25, 0.3) is 0 Å². The number of carbonyl (C=O) groups excluding carboxylic acids is 2. The average molecular weight is 376 g/mol. The van der Waals surface area contributed by atoms with Crippen LogP contribution in [0, 0.1) is 11.8 Å². The van der Waals surface area contributed by atoms with Crippen molar-refractivity contribution in [1.29, 1.82) is 0 Å². The molecular weight excluding hydrogens is 350 g/mol. The molecule has 26 heavy (non-hydrogen) atoms. The lowest BCUT2D eigenvalue weighted by atomic mass is 9.69. The number of aliphatic carboxylic acids is 1. The lowest BCUT2D eigenvalue weighted by Gasteiger charge is -2.50. The van der Waals surface area contributed by atoms with E-state index in [0.29, 0.717) is 11.3 Å². The number of benzene rings is 1. The zero-order valence-corrected chi connectivity index (χ0v) is 16.7. The molecule has 2 rings (SSSR count). The van der Waals surface area contributed by atoms with E-state index in [4.69, 9.17) is 4.74 Å². The Bertz CT molecular complexity index is 703. The summed E-state index contributed by atoms with van der Waals surface area (Å²) in [5, 5.41) is 15.3. The summed E-state index contributed by atoms with van der Waals surface area (Å²) >= 11 is 1.60. The first-order valence-corrected chi connectivity index (χ1v) is 9.69. The summed E-state index contributed by atoms with van der Waals surface area (Å²) < 4.78 is 5.12. The highest BCUT2D eigenvalue weighted by atomic mass is 32.2. The van der Waals surface area contributed by atoms with Gasteiger partial charge in [-0.2, -0.15) is 0 Å². The Hall–Kier alpha value is -1.95. The molecule has 4 unspecified atom stereocenters. The quantitative estimate of drug-likeness (QED) is 0.607. The average Bonchev–Trinajstić information content (AvgIpc) is 2.55. The zero-order chi connectivity index (χ0) is 19.5. The number of nitrogens with one attached hydrogen (secondary N) is 1. The molecule has 0 spiro atoms. The van der Waals surface area contributed by atoms with Crippen molar-refractivity contribution in [3.8, 4) is 0 Å². The van der Waals surface area contributed by atoms with Crippen LogP contribution in [0.3, 0.4) is 0 Å². The Morgan fingerprint density at radius 1 is 1.35 bits per heavy atom. The van der Waals surface area contributed by atoms with Gasteiger partial charge in [0.1, 0.15) is 0 Å². The van der Waals surface area contributed by atoms with Gasteiger partial charge in [0.15, 0.2) is 0 Å². The second-order valence-corrected chi connectivity index (χ2v) is 8.24. The van der Waals surface area contributed by atoms with E-state index in [-0.39, 0.29) is 11.9 Å². The molecule has 1 aliphatic heterocycles. The summed E-state index contributed by atoms with van der Waals surface area (Å²) in [6.07, 6.45) is 0. The minimum Gasteiger partial charge on any atom is -0.550 e. The van der Waals surface area contributed by atoms with Crippen LogP contribution in [0.2, 0.25) is 0 Å². The Morgan fingerprint density at radius 3 is 2.50 bits per heavy atom. The lowest BCUT2D eigenvalue weighted by Crippen LogP contribution is -2.64. The van der Waals surface area contributed by atoms with Gasteiger partial charge in [0.25, 0.3) is 0 Å². The Kier molecular flexibility index (Phi) is 6.39. The molecule has 1 aromatic rings. The Morgan fingerprint density at radius 2 is 1.96 bits per heavy atom. The van der Waals surface area contributed by atoms with Gasteiger partial charge in [0.2, 0.25) is 0 Å². The third-order valence-corrected chi connectivity index (χ3v) is 6.50. The summed E-state index contributed by atoms with van der Waals surface area (Å²) in [4.78, 5) is 25.4. The van der Waals surface area contributed by atoms with E-state index < -0.39 is 29.3 Å². The second kappa shape index (κ2) is 8.16. The normalized spacial score (nSPS) is 26.8. The monoisotopic (exact) mass is 376 g/mol. The maximum atomic E-state index is 12.3. The summed E-state index contributed by atoms with van der Waals surface area (Å²) in [5.74, 6) is -3.01. The van der Waals surface area contributed by atoms with Gasteiger partial charge in [0, 0.05) is 33.6 Å². The highest BCUT2D eigenvalue weighted by Gasteiger charge is 2.49. The summed E-state index contributed by atoms with van der Waals surface area (Å²) in [7, 11) is 0. The summed E-state index contributed by atoms with van der Waals surface area (Å²) in [5.41, 5.74) is 0.269. The number of rotatable bonds is 6. The van der Waals surface area contributed by atoms with E-state index in [1.807, 2.05) is 44.2 Å². The van der Waals surface area contributed by atoms with Gasteiger partial charge in [-0.1, -0.05) is 32.0 Å². The van der Waals surface area contributed by atoms with Gasteiger partial charge in [-0.25, -0.2) is 4.79 Å². The molecule has 5 nitrogen and oxygen atoms in total. The van der Waals surface area contributed by atoms with E-state index in [1.54, 1.807) is 32.5 Å². The largest absolute Gasteiger partial charge is 0.550 e. The van der Waals surface area contributed by atoms with E-state index >= 15 is 0 Å². The van der Waals surface area contributed by atoms with Crippen LogP contribution in [0.4, 0.5) is 0 Å². The van der Waals surface area contributed by atoms with Crippen LogP contribution in [0.1, 0.15) is 34.6 Å². The number of hydrogen-bond donors (Lipinski definition) is 1. The molecule has 0 aliphatic carbocycles. The molecule has 1 aliphatic rings. The molecule has 6 heteroatoms. The van der Waals surface area contributed by atoms with Crippen molar-refractivity contribution in [1.82, 2.24) is 5.32 Å². The van der Waals surface area contributed by atoms with Gasteiger partial charge >= 0.3 is 5.97 Å². The van der Waals surface area contributed by atoms with Crippen LogP contribution >= 0.6 is 11.8 Å². The fraction of sp³-hybridized carbons (Fsp3) is 0.500. The molecule has 1 heterocycles. The van der Waals surface area contributed by atoms with Crippen molar-refractivity contribution in [2.75, 3.05) is 6.61 Å². The van der Waals surface area contributed by atoms with Gasteiger partial charge in [-0.3, -0.25) is 0 Å². The minimum atomic E-state index is -1.16. The van der Waals surface area contributed by atoms with Crippen LogP contribution in [0.5, 0.6) is 0 Å². The fourth-order valence-electron chi connectivity index (χ4n) is 3.75. The number of ether oxygens (including phenoxy) is 1. The third kappa shape index (κ3) is 3.90. The molecule has 142 valence electrons. The van der Waals surface area contributed by atoms with E-state index in [1.165, 1.54) is 0 Å². The van der Waals surface area contributed by atoms with Gasteiger partial charge in [-0.05, 0) is 32.9 Å². The molecule has 0 saturated carbocycles. The zero-order valence-electron chi connectivity index (χ0n) is 15.9. The van der Waals surface area contributed by atoms with Gasteiger partial charge in [-0.15, -0.1) is 11.8 Å². The molecule has 0 bridgehead atoms. The van der Waals surface area contributed by atoms with Crippen molar-refractivity contribution >= 4 is 23.7 Å². The molecule has 4 atom stereocenters. The molecule has 0 aromatic heterocycles. The lowest BCUT2D eigenvalue weighted by molar-refractivity contribution is -0.315. The van der Waals surface area contributed by atoms with Crippen LogP contribution in [-0.2, 0) is 14.3 Å². The van der Waals surface area contributed by atoms with Crippen molar-refractivity contribution < 1.29 is 19.4 Å². The van der Waals surface area contributed by atoms with E-state index in [0.717, 1.165) is 4.90 Å². The number of allylic oxidation sites excluding steroid dienone is 1. The van der Waals surface area contributed by atoms with Crippen molar-refractivity contribution in [2.45, 2.75) is 50.3 Å². The van der Waals surface area contributed by atoms with Gasteiger partial charge in [0.05, 0.1) is 17.7 Å². The van der Waals surface area contributed by atoms with Crippen LogP contribution in [0.15, 0.2) is 46.5 Å².